The molecule has 0 aromatic heterocycles. The van der Waals surface area contributed by atoms with Crippen LogP contribution in [0.25, 0.3) is 0 Å². The Balaban J connectivity index is 2.96. The number of nitrogens with zero attached hydrogens (tertiary/aromatic N) is 1. The Morgan fingerprint density at radius 1 is 1.60 bits per heavy atom. The maximum atomic E-state index is 12.9. The van der Waals surface area contributed by atoms with E-state index in [2.05, 4.69) is 0 Å². The first-order chi connectivity index (χ1) is 7.04. The summed E-state index contributed by atoms with van der Waals surface area (Å²) in [5.74, 6) is -1.85. The van der Waals surface area contributed by atoms with Gasteiger partial charge >= 0.3 is 5.97 Å². The summed E-state index contributed by atoms with van der Waals surface area (Å²) in [5.41, 5.74) is 0.00675. The third-order valence-corrected chi connectivity index (χ3v) is 1.86. The van der Waals surface area contributed by atoms with Gasteiger partial charge in [0.15, 0.2) is 0 Å². The molecule has 0 aliphatic heterocycles. The van der Waals surface area contributed by atoms with Gasteiger partial charge in [-0.1, -0.05) is 6.07 Å². The van der Waals surface area contributed by atoms with Gasteiger partial charge in [0.2, 0.25) is 0 Å². The Hall–Kier alpha value is -1.93. The van der Waals surface area contributed by atoms with E-state index >= 15 is 0 Å². The van der Waals surface area contributed by atoms with E-state index in [-0.39, 0.29) is 11.1 Å². The monoisotopic (exact) mass is 209 g/mol. The number of halogens is 1. The lowest BCUT2D eigenvalue weighted by molar-refractivity contribution is -0.139. The van der Waals surface area contributed by atoms with Crippen LogP contribution in [0.5, 0.6) is 0 Å². The van der Waals surface area contributed by atoms with Gasteiger partial charge in [-0.2, -0.15) is 5.26 Å². The highest BCUT2D eigenvalue weighted by Crippen LogP contribution is 2.19. The van der Waals surface area contributed by atoms with Gasteiger partial charge in [0, 0.05) is 0 Å². The predicted octanol–water partition coefficient (Wildman–Crippen LogP) is 1.21. The van der Waals surface area contributed by atoms with Crippen LogP contribution in [-0.4, -0.2) is 16.2 Å². The molecule has 0 unspecified atom stereocenters. The van der Waals surface area contributed by atoms with Crippen LogP contribution in [0.2, 0.25) is 0 Å². The summed E-state index contributed by atoms with van der Waals surface area (Å²) in [6.07, 6.45) is -1.70. The van der Waals surface area contributed by atoms with Crippen LogP contribution in [0.1, 0.15) is 23.7 Å². The molecule has 1 atom stereocenters. The van der Waals surface area contributed by atoms with Crippen molar-refractivity contribution in [3.63, 3.8) is 0 Å². The fourth-order valence-electron chi connectivity index (χ4n) is 1.12. The van der Waals surface area contributed by atoms with Gasteiger partial charge in [-0.25, -0.2) is 4.39 Å². The second-order valence-corrected chi connectivity index (χ2v) is 2.96. The molecular formula is C10H8FNO3. The second-order valence-electron chi connectivity index (χ2n) is 2.96. The van der Waals surface area contributed by atoms with E-state index in [0.717, 1.165) is 12.1 Å². The standard InChI is InChI=1S/C10H8FNO3/c11-8-2-1-6(3-7(8)5-12)9(13)4-10(14)15/h1-3,9,13H,4H2,(H,14,15)/t9-/m0/s1. The van der Waals surface area contributed by atoms with E-state index in [1.54, 1.807) is 6.07 Å². The van der Waals surface area contributed by atoms with Crippen molar-refractivity contribution in [2.45, 2.75) is 12.5 Å². The molecule has 0 fully saturated rings. The van der Waals surface area contributed by atoms with Crippen LogP contribution in [-0.2, 0) is 4.79 Å². The highest BCUT2D eigenvalue weighted by atomic mass is 19.1. The number of aliphatic carboxylic acids is 1. The number of hydrogen-bond donors (Lipinski definition) is 2. The van der Waals surface area contributed by atoms with Gasteiger partial charge in [0.05, 0.1) is 18.1 Å². The largest absolute Gasteiger partial charge is 0.481 e. The van der Waals surface area contributed by atoms with E-state index in [9.17, 15) is 14.3 Å². The van der Waals surface area contributed by atoms with Crippen molar-refractivity contribution in [1.29, 1.82) is 5.26 Å². The second kappa shape index (κ2) is 4.53. The molecule has 1 aromatic carbocycles. The molecule has 0 heterocycles. The Morgan fingerprint density at radius 2 is 2.27 bits per heavy atom. The van der Waals surface area contributed by atoms with Crippen molar-refractivity contribution in [3.8, 4) is 6.07 Å². The van der Waals surface area contributed by atoms with Crippen LogP contribution in [0.3, 0.4) is 0 Å². The van der Waals surface area contributed by atoms with Crippen molar-refractivity contribution in [2.24, 2.45) is 0 Å². The number of carboxylic acid groups (broad SMARTS) is 1. The van der Waals surface area contributed by atoms with E-state index in [4.69, 9.17) is 10.4 Å². The molecule has 15 heavy (non-hydrogen) atoms. The van der Waals surface area contributed by atoms with Gasteiger partial charge in [-0.15, -0.1) is 0 Å². The minimum atomic E-state index is -1.23. The van der Waals surface area contributed by atoms with Gasteiger partial charge < -0.3 is 10.2 Å². The zero-order chi connectivity index (χ0) is 11.4. The molecule has 5 heteroatoms. The molecule has 0 saturated carbocycles. The van der Waals surface area contributed by atoms with Crippen molar-refractivity contribution >= 4 is 5.97 Å². The number of aliphatic hydroxyl groups excluding tert-OH is 1. The molecule has 0 bridgehead atoms. The zero-order valence-electron chi connectivity index (χ0n) is 7.64. The average Bonchev–Trinajstić information content (AvgIpc) is 2.17. The minimum Gasteiger partial charge on any atom is -0.481 e. The predicted molar refractivity (Wildman–Crippen MR) is 48.3 cm³/mol. The first kappa shape index (κ1) is 11.1. The molecule has 0 aliphatic rings. The quantitative estimate of drug-likeness (QED) is 0.783. The Labute approximate surface area is 85.2 Å². The summed E-state index contributed by atoms with van der Waals surface area (Å²) in [6.45, 7) is 0. The molecule has 0 saturated heterocycles. The first-order valence-corrected chi connectivity index (χ1v) is 4.14. The highest BCUT2D eigenvalue weighted by molar-refractivity contribution is 5.67. The molecule has 2 N–H and O–H groups in total. The molecule has 1 aromatic rings. The van der Waals surface area contributed by atoms with Crippen molar-refractivity contribution in [3.05, 3.63) is 35.1 Å². The van der Waals surface area contributed by atoms with Gasteiger partial charge in [0.25, 0.3) is 0 Å². The number of aliphatic hydroxyl groups is 1. The van der Waals surface area contributed by atoms with Crippen LogP contribution in [0, 0.1) is 17.1 Å². The molecule has 4 nitrogen and oxygen atoms in total. The molecule has 0 aliphatic carbocycles. The van der Waals surface area contributed by atoms with E-state index in [1.165, 1.54) is 6.07 Å². The molecule has 1 rings (SSSR count). The summed E-state index contributed by atoms with van der Waals surface area (Å²) in [4.78, 5) is 10.3. The van der Waals surface area contributed by atoms with Crippen LogP contribution in [0.15, 0.2) is 18.2 Å². The number of benzene rings is 1. The number of hydrogen-bond acceptors (Lipinski definition) is 3. The maximum absolute atomic E-state index is 12.9. The summed E-state index contributed by atoms with van der Waals surface area (Å²) in [6, 6.07) is 5.03. The van der Waals surface area contributed by atoms with E-state index < -0.39 is 24.3 Å². The van der Waals surface area contributed by atoms with E-state index in [0.29, 0.717) is 0 Å². The fourth-order valence-corrected chi connectivity index (χ4v) is 1.12. The number of carboxylic acids is 1. The molecular weight excluding hydrogens is 201 g/mol. The smallest absolute Gasteiger partial charge is 0.306 e. The molecule has 0 spiro atoms. The Bertz CT molecular complexity index is 425. The summed E-state index contributed by atoms with van der Waals surface area (Å²) < 4.78 is 12.9. The van der Waals surface area contributed by atoms with Gasteiger partial charge in [0.1, 0.15) is 11.9 Å². The summed E-state index contributed by atoms with van der Waals surface area (Å²) in [7, 11) is 0. The maximum Gasteiger partial charge on any atom is 0.306 e. The van der Waals surface area contributed by atoms with Crippen LogP contribution in [0.4, 0.5) is 4.39 Å². The summed E-state index contributed by atoms with van der Waals surface area (Å²) in [5, 5.41) is 26.3. The lowest BCUT2D eigenvalue weighted by Gasteiger charge is -2.08. The lowest BCUT2D eigenvalue weighted by atomic mass is 10.0. The average molecular weight is 209 g/mol. The number of nitriles is 1. The Morgan fingerprint density at radius 3 is 2.80 bits per heavy atom. The minimum absolute atomic E-state index is 0.211. The third kappa shape index (κ3) is 2.76. The third-order valence-electron chi connectivity index (χ3n) is 1.86. The summed E-state index contributed by atoms with van der Waals surface area (Å²) >= 11 is 0. The molecule has 78 valence electrons. The van der Waals surface area contributed by atoms with Crippen molar-refractivity contribution < 1.29 is 19.4 Å². The highest BCUT2D eigenvalue weighted by Gasteiger charge is 2.13. The van der Waals surface area contributed by atoms with Crippen LogP contribution >= 0.6 is 0 Å². The van der Waals surface area contributed by atoms with Gasteiger partial charge in [-0.3, -0.25) is 4.79 Å². The molecule has 0 radical (unpaired) electrons. The number of carbonyl (C=O) groups is 1. The van der Waals surface area contributed by atoms with Crippen molar-refractivity contribution in [1.82, 2.24) is 0 Å². The normalized spacial score (nSPS) is 11.8. The van der Waals surface area contributed by atoms with Gasteiger partial charge in [-0.05, 0) is 17.7 Å². The topological polar surface area (TPSA) is 81.3 Å². The van der Waals surface area contributed by atoms with Crippen molar-refractivity contribution in [2.75, 3.05) is 0 Å². The SMILES string of the molecule is N#Cc1cc([C@@H](O)CC(=O)O)ccc1F. The lowest BCUT2D eigenvalue weighted by Crippen LogP contribution is -2.05. The Kier molecular flexibility index (Phi) is 3.37. The zero-order valence-corrected chi connectivity index (χ0v) is 7.64. The fraction of sp³-hybridized carbons (Fsp3) is 0.200. The first-order valence-electron chi connectivity index (χ1n) is 4.14. The number of rotatable bonds is 3. The van der Waals surface area contributed by atoms with Crippen LogP contribution < -0.4 is 0 Å². The van der Waals surface area contributed by atoms with E-state index in [1.807, 2.05) is 0 Å². The molecule has 0 amide bonds.